The maximum absolute atomic E-state index is 12.3. The summed E-state index contributed by atoms with van der Waals surface area (Å²) in [4.78, 5) is 12.5. The molecule has 2 N–H and O–H groups in total. The molecule has 0 heterocycles. The summed E-state index contributed by atoms with van der Waals surface area (Å²) in [5, 5.41) is 2.77. The quantitative estimate of drug-likeness (QED) is 0.604. The molecule has 0 bridgehead atoms. The second kappa shape index (κ2) is 10.1. The summed E-state index contributed by atoms with van der Waals surface area (Å²) in [5.74, 6) is 0.426. The molecule has 0 aromatic heterocycles. The smallest absolute Gasteiger partial charge is 0.255 e. The molecule has 0 spiro atoms. The van der Waals surface area contributed by atoms with Crippen molar-refractivity contribution in [1.29, 1.82) is 0 Å². The summed E-state index contributed by atoms with van der Waals surface area (Å²) in [7, 11) is -3.55. The molecular weight excluding hydrogens is 364 g/mol. The van der Waals surface area contributed by atoms with E-state index in [4.69, 9.17) is 4.74 Å². The lowest BCUT2D eigenvalue weighted by Gasteiger charge is -2.09. The van der Waals surface area contributed by atoms with E-state index < -0.39 is 10.0 Å². The first-order valence-electron chi connectivity index (χ1n) is 9.10. The molecule has 0 radical (unpaired) electrons. The fourth-order valence-electron chi connectivity index (χ4n) is 2.45. The van der Waals surface area contributed by atoms with E-state index in [0.717, 1.165) is 25.0 Å². The van der Waals surface area contributed by atoms with Crippen LogP contribution in [0.4, 0.5) is 5.69 Å². The topological polar surface area (TPSA) is 84.5 Å². The molecular formula is C20H26N2O4S. The Bertz CT molecular complexity index is 831. The van der Waals surface area contributed by atoms with Gasteiger partial charge in [0, 0.05) is 17.8 Å². The molecule has 0 aliphatic rings. The Morgan fingerprint density at radius 1 is 0.963 bits per heavy atom. The van der Waals surface area contributed by atoms with Crippen LogP contribution in [0.3, 0.4) is 0 Å². The van der Waals surface area contributed by atoms with Gasteiger partial charge in [0.15, 0.2) is 0 Å². The van der Waals surface area contributed by atoms with Crippen LogP contribution in [0.15, 0.2) is 53.4 Å². The molecule has 2 aromatic rings. The number of hydrogen-bond acceptors (Lipinski definition) is 4. The van der Waals surface area contributed by atoms with Gasteiger partial charge in [-0.15, -0.1) is 0 Å². The Labute approximate surface area is 161 Å². The van der Waals surface area contributed by atoms with Crippen molar-refractivity contribution in [3.8, 4) is 5.75 Å². The highest BCUT2D eigenvalue weighted by atomic mass is 32.2. The first-order chi connectivity index (χ1) is 13.0. The Morgan fingerprint density at radius 3 is 2.22 bits per heavy atom. The van der Waals surface area contributed by atoms with E-state index in [1.165, 1.54) is 24.3 Å². The molecule has 0 saturated heterocycles. The molecule has 1 amide bonds. The predicted molar refractivity (Wildman–Crippen MR) is 107 cm³/mol. The van der Waals surface area contributed by atoms with Gasteiger partial charge >= 0.3 is 0 Å². The Balaban J connectivity index is 1.98. The van der Waals surface area contributed by atoms with Crippen molar-refractivity contribution < 1.29 is 17.9 Å². The molecule has 27 heavy (non-hydrogen) atoms. The number of rotatable bonds is 10. The van der Waals surface area contributed by atoms with Gasteiger partial charge in [0.05, 0.1) is 11.5 Å². The third kappa shape index (κ3) is 6.37. The van der Waals surface area contributed by atoms with Gasteiger partial charge in [-0.3, -0.25) is 4.79 Å². The number of benzene rings is 2. The second-order valence-electron chi connectivity index (χ2n) is 6.04. The second-order valence-corrected chi connectivity index (χ2v) is 7.81. The van der Waals surface area contributed by atoms with Crippen molar-refractivity contribution in [1.82, 2.24) is 4.72 Å². The fraction of sp³-hybridized carbons (Fsp3) is 0.350. The van der Waals surface area contributed by atoms with Crippen molar-refractivity contribution in [2.24, 2.45) is 0 Å². The fourth-order valence-corrected chi connectivity index (χ4v) is 3.53. The van der Waals surface area contributed by atoms with Crippen molar-refractivity contribution in [2.45, 2.75) is 38.0 Å². The van der Waals surface area contributed by atoms with Crippen LogP contribution >= 0.6 is 0 Å². The van der Waals surface area contributed by atoms with Crippen molar-refractivity contribution in [2.75, 3.05) is 18.5 Å². The maximum atomic E-state index is 12.3. The van der Waals surface area contributed by atoms with Crippen molar-refractivity contribution in [3.63, 3.8) is 0 Å². The lowest BCUT2D eigenvalue weighted by molar-refractivity contribution is 0.102. The Kier molecular flexibility index (Phi) is 7.82. The Morgan fingerprint density at radius 2 is 1.63 bits per heavy atom. The van der Waals surface area contributed by atoms with Gasteiger partial charge in [-0.1, -0.05) is 19.8 Å². The van der Waals surface area contributed by atoms with Gasteiger partial charge in [0.25, 0.3) is 5.91 Å². The molecule has 146 valence electrons. The minimum atomic E-state index is -3.55. The molecule has 0 aliphatic heterocycles. The van der Waals surface area contributed by atoms with Crippen LogP contribution in [-0.4, -0.2) is 27.5 Å². The van der Waals surface area contributed by atoms with Crippen LogP contribution in [0.5, 0.6) is 5.75 Å². The van der Waals surface area contributed by atoms with Gasteiger partial charge in [0.1, 0.15) is 5.75 Å². The lowest BCUT2D eigenvalue weighted by Crippen LogP contribution is -2.24. The summed E-state index contributed by atoms with van der Waals surface area (Å²) in [6, 6.07) is 12.9. The molecule has 6 nitrogen and oxygen atoms in total. The lowest BCUT2D eigenvalue weighted by atomic mass is 10.2. The van der Waals surface area contributed by atoms with Gasteiger partial charge in [-0.2, -0.15) is 0 Å². The van der Waals surface area contributed by atoms with E-state index >= 15 is 0 Å². The molecule has 0 saturated carbocycles. The summed E-state index contributed by atoms with van der Waals surface area (Å²) in [6.45, 7) is 4.95. The maximum Gasteiger partial charge on any atom is 0.255 e. The first kappa shape index (κ1) is 20.9. The molecule has 2 rings (SSSR count). The van der Waals surface area contributed by atoms with Gasteiger partial charge in [-0.25, -0.2) is 13.1 Å². The number of anilines is 1. The van der Waals surface area contributed by atoms with Crippen LogP contribution in [0, 0.1) is 0 Å². The molecule has 0 fully saturated rings. The van der Waals surface area contributed by atoms with E-state index in [1.807, 2.05) is 6.92 Å². The summed E-state index contributed by atoms with van der Waals surface area (Å²) in [6.07, 6.45) is 2.81. The summed E-state index contributed by atoms with van der Waals surface area (Å²) >= 11 is 0. The molecule has 0 aliphatic carbocycles. The number of carbonyl (C=O) groups excluding carboxylic acids is 1. The van der Waals surface area contributed by atoms with Crippen LogP contribution in [0.1, 0.15) is 43.5 Å². The number of unbranched alkanes of at least 4 members (excludes halogenated alkanes) is 2. The highest BCUT2D eigenvalue weighted by Gasteiger charge is 2.14. The zero-order valence-electron chi connectivity index (χ0n) is 15.7. The van der Waals surface area contributed by atoms with Crippen LogP contribution in [0.25, 0.3) is 0 Å². The van der Waals surface area contributed by atoms with Crippen LogP contribution in [-0.2, 0) is 10.0 Å². The van der Waals surface area contributed by atoms with Gasteiger partial charge in [0.2, 0.25) is 10.0 Å². The summed E-state index contributed by atoms with van der Waals surface area (Å²) < 4.78 is 32.4. The third-order valence-electron chi connectivity index (χ3n) is 3.92. The predicted octanol–water partition coefficient (Wildman–Crippen LogP) is 3.81. The van der Waals surface area contributed by atoms with E-state index in [9.17, 15) is 13.2 Å². The molecule has 2 aromatic carbocycles. The summed E-state index contributed by atoms with van der Waals surface area (Å²) in [5.41, 5.74) is 1.02. The molecule has 0 unspecified atom stereocenters. The van der Waals surface area contributed by atoms with Crippen molar-refractivity contribution >= 4 is 21.6 Å². The zero-order valence-corrected chi connectivity index (χ0v) is 16.5. The minimum absolute atomic E-state index is 0.150. The number of carbonyl (C=O) groups is 1. The standard InChI is InChI=1S/C20H26N2O4S/c1-3-5-6-15-21-27(24,25)19-13-7-16(8-14-19)20(23)22-17-9-11-18(12-10-17)26-4-2/h7-14,21H,3-6,15H2,1-2H3,(H,22,23). The number of sulfonamides is 1. The number of amides is 1. The minimum Gasteiger partial charge on any atom is -0.494 e. The van der Waals surface area contributed by atoms with Crippen molar-refractivity contribution in [3.05, 3.63) is 54.1 Å². The third-order valence-corrected chi connectivity index (χ3v) is 5.40. The average Bonchev–Trinajstić information content (AvgIpc) is 2.67. The van der Waals surface area contributed by atoms with Crippen LogP contribution < -0.4 is 14.8 Å². The SMILES string of the molecule is CCCCCNS(=O)(=O)c1ccc(C(=O)Nc2ccc(OCC)cc2)cc1. The normalized spacial score (nSPS) is 11.2. The van der Waals surface area contributed by atoms with E-state index in [2.05, 4.69) is 17.0 Å². The van der Waals surface area contributed by atoms with E-state index in [0.29, 0.717) is 24.4 Å². The van der Waals surface area contributed by atoms with E-state index in [1.54, 1.807) is 24.3 Å². The highest BCUT2D eigenvalue weighted by molar-refractivity contribution is 7.89. The van der Waals surface area contributed by atoms with Gasteiger partial charge in [-0.05, 0) is 61.9 Å². The highest BCUT2D eigenvalue weighted by Crippen LogP contribution is 2.17. The van der Waals surface area contributed by atoms with Gasteiger partial charge < -0.3 is 10.1 Å². The zero-order chi connectivity index (χ0) is 19.7. The number of ether oxygens (including phenoxy) is 1. The monoisotopic (exact) mass is 390 g/mol. The number of hydrogen-bond donors (Lipinski definition) is 2. The number of nitrogens with one attached hydrogen (secondary N) is 2. The largest absolute Gasteiger partial charge is 0.494 e. The van der Waals surface area contributed by atoms with E-state index in [-0.39, 0.29) is 10.8 Å². The first-order valence-corrected chi connectivity index (χ1v) is 10.6. The molecule has 7 heteroatoms. The molecule has 0 atom stereocenters. The average molecular weight is 391 g/mol. The Hall–Kier alpha value is -2.38. The van der Waals surface area contributed by atoms with Crippen LogP contribution in [0.2, 0.25) is 0 Å².